The van der Waals surface area contributed by atoms with Crippen LogP contribution in [0.2, 0.25) is 0 Å². The Morgan fingerprint density at radius 3 is 0.938 bits per heavy atom. The summed E-state index contributed by atoms with van der Waals surface area (Å²) >= 11 is 0. The van der Waals surface area contributed by atoms with Crippen LogP contribution < -0.4 is 5.32 Å². The second-order valence-corrected chi connectivity index (χ2v) is 13.2. The van der Waals surface area contributed by atoms with Crippen LogP contribution in [0.25, 0.3) is 0 Å². The maximum absolute atomic E-state index is 15.8. The van der Waals surface area contributed by atoms with Gasteiger partial charge in [0.15, 0.2) is 0 Å². The fourth-order valence-electron chi connectivity index (χ4n) is 4.31. The molecule has 0 saturated heterocycles. The predicted octanol–water partition coefficient (Wildman–Crippen LogP) is 11.7. The highest BCUT2D eigenvalue weighted by molar-refractivity contribution is 5.82. The van der Waals surface area contributed by atoms with Gasteiger partial charge in [-0.2, -0.15) is 140 Å². The van der Waals surface area contributed by atoms with Gasteiger partial charge in [0.05, 0.1) is 0 Å². The number of carbonyl (C=O) groups excluding carboxylic acids is 2. The van der Waals surface area contributed by atoms with Crippen molar-refractivity contribution in [3.8, 4) is 0 Å². The lowest BCUT2D eigenvalue weighted by Crippen LogP contribution is -2.72. The van der Waals surface area contributed by atoms with Crippen LogP contribution in [0.5, 0.6) is 0 Å². The molecule has 1 N–H and O–H groups in total. The van der Waals surface area contributed by atoms with Gasteiger partial charge in [0.2, 0.25) is 5.91 Å². The van der Waals surface area contributed by atoms with Gasteiger partial charge in [-0.05, 0) is 20.8 Å². The van der Waals surface area contributed by atoms with E-state index >= 15 is 8.78 Å². The van der Waals surface area contributed by atoms with Crippen molar-refractivity contribution in [1.82, 2.24) is 5.32 Å². The molecule has 0 bridgehead atoms. The number of ether oxygens (including phenoxy) is 2. The Bertz CT molecular complexity index is 1690. The summed E-state index contributed by atoms with van der Waals surface area (Å²) in [6, 6.07) is 0. The monoisotopic (exact) mass is 1040 g/mol. The fourth-order valence-corrected chi connectivity index (χ4v) is 4.31. The molecule has 0 aliphatic heterocycles. The minimum Gasteiger partial charge on any atom is -0.350 e. The lowest BCUT2D eigenvalue weighted by atomic mass is 9.87. The summed E-state index contributed by atoms with van der Waals surface area (Å²) in [7, 11) is 0. The Labute approximate surface area is 327 Å². The zero-order chi connectivity index (χ0) is 52.8. The molecule has 0 aromatic carbocycles. The Hall–Kier alpha value is -3.32. The normalized spacial score (nSPS) is 18.3. The minimum absolute atomic E-state index is 0.112. The van der Waals surface area contributed by atoms with Crippen molar-refractivity contribution in [2.45, 2.75) is 135 Å². The number of rotatable bonds is 19. The molecule has 0 heterocycles. The largest absolute Gasteiger partial charge is 0.460 e. The maximum atomic E-state index is 15.8. The van der Waals surface area contributed by atoms with Crippen LogP contribution in [0, 0.1) is 5.92 Å². The van der Waals surface area contributed by atoms with E-state index in [-0.39, 0.29) is 13.8 Å². The van der Waals surface area contributed by atoms with Gasteiger partial charge >= 0.3 is 96.0 Å². The highest BCUT2D eigenvalue weighted by Crippen LogP contribution is 2.64. The summed E-state index contributed by atoms with van der Waals surface area (Å²) in [5.41, 5.74) is -3.06. The highest BCUT2D eigenvalue weighted by atomic mass is 19.5. The van der Waals surface area contributed by atoms with E-state index in [1.54, 1.807) is 0 Å². The van der Waals surface area contributed by atoms with Gasteiger partial charge in [-0.15, -0.1) is 0 Å². The lowest BCUT2D eigenvalue weighted by Gasteiger charge is -2.44. The third-order valence-electron chi connectivity index (χ3n) is 7.57. The standard InChI is InChI=1S/C25H15F34NO4/c1-6(61)4-9(2,3)60-8(62)7(11(27,21(47,48)49)64-25(58,59)19(42,43)15(34,35)13(30,31)17(38,39)23(53,54)55)5-10(26,20(44,45)46)63-24(56,57)18(40,41)14(32,33)12(28,29)16(36,37)22(50,51)52/h7H,4-5H2,1-3H3,(H,60,62). The van der Waals surface area contributed by atoms with E-state index in [9.17, 15) is 150 Å². The van der Waals surface area contributed by atoms with Crippen molar-refractivity contribution < 1.29 is 168 Å². The molecule has 0 aromatic rings. The molecular formula is C25H15F34NO4. The van der Waals surface area contributed by atoms with Gasteiger partial charge < -0.3 is 5.32 Å². The number of hydrogen-bond acceptors (Lipinski definition) is 4. The van der Waals surface area contributed by atoms with E-state index in [4.69, 9.17) is 0 Å². The van der Waals surface area contributed by atoms with Crippen molar-refractivity contribution in [2.75, 3.05) is 0 Å². The van der Waals surface area contributed by atoms with Gasteiger partial charge in [0.1, 0.15) is 11.7 Å². The van der Waals surface area contributed by atoms with Crippen LogP contribution in [-0.2, 0) is 19.1 Å². The highest BCUT2D eigenvalue weighted by Gasteiger charge is 2.94. The third-order valence-corrected chi connectivity index (χ3v) is 7.57. The number of amides is 1. The van der Waals surface area contributed by atoms with E-state index in [1.807, 2.05) is 0 Å². The predicted molar refractivity (Wildman–Crippen MR) is 129 cm³/mol. The van der Waals surface area contributed by atoms with Crippen molar-refractivity contribution in [3.63, 3.8) is 0 Å². The molecule has 382 valence electrons. The SMILES string of the molecule is CC(=O)CC(C)(C)NC(=O)C(CC(F)(OC(F)(F)C(F)(F)C(F)(F)C(F)(F)C(F)(F)C(F)(F)F)C(F)(F)F)C(F)(OC(F)(F)C(F)(F)C(F)(F)C(F)(F)C(F)(F)C(F)(F)F)C(F)(F)F. The average Bonchev–Trinajstić information content (AvgIpc) is 2.99. The Balaban J connectivity index is 8.44. The quantitative estimate of drug-likeness (QED) is 0.131. The Kier molecular flexibility index (Phi) is 15.3. The summed E-state index contributed by atoms with van der Waals surface area (Å²) in [4.78, 5) is 24.1. The van der Waals surface area contributed by atoms with Crippen LogP contribution >= 0.6 is 0 Å². The van der Waals surface area contributed by atoms with Gasteiger partial charge in [-0.25, -0.2) is 8.78 Å². The van der Waals surface area contributed by atoms with E-state index < -0.39 is 132 Å². The molecule has 1 amide bonds. The van der Waals surface area contributed by atoms with E-state index in [2.05, 4.69) is 0 Å². The minimum atomic E-state index is -9.37. The fraction of sp³-hybridized carbons (Fsp3) is 0.920. The first kappa shape index (κ1) is 60.7. The second kappa shape index (κ2) is 16.2. The zero-order valence-corrected chi connectivity index (χ0v) is 29.5. The van der Waals surface area contributed by atoms with Crippen LogP contribution in [0.15, 0.2) is 0 Å². The first-order valence-corrected chi connectivity index (χ1v) is 14.7. The van der Waals surface area contributed by atoms with Crippen molar-refractivity contribution in [1.29, 1.82) is 0 Å². The number of Topliss-reactive ketones (excluding diaryl/α,β-unsaturated/α-hetero) is 1. The molecule has 0 aliphatic carbocycles. The van der Waals surface area contributed by atoms with Gasteiger partial charge in [-0.1, -0.05) is 0 Å². The van der Waals surface area contributed by atoms with Crippen LogP contribution in [-0.4, -0.2) is 113 Å². The molecule has 0 spiro atoms. The first-order valence-electron chi connectivity index (χ1n) is 14.7. The van der Waals surface area contributed by atoms with E-state index in [0.717, 1.165) is 0 Å². The summed E-state index contributed by atoms with van der Waals surface area (Å²) in [5, 5.41) is 0.484. The molecule has 0 aromatic heterocycles. The molecule has 0 rings (SSSR count). The molecule has 0 fully saturated rings. The Morgan fingerprint density at radius 1 is 0.406 bits per heavy atom. The smallest absolute Gasteiger partial charge is 0.350 e. The zero-order valence-electron chi connectivity index (χ0n) is 29.5. The molecule has 39 heteroatoms. The van der Waals surface area contributed by atoms with Crippen LogP contribution in [0.1, 0.15) is 33.6 Å². The number of alkyl halides is 34. The molecule has 0 radical (unpaired) electrons. The summed E-state index contributed by atoms with van der Waals surface area (Å²) < 4.78 is 469. The molecular weight excluding hydrogens is 1020 g/mol. The first-order chi connectivity index (χ1) is 27.1. The number of halogens is 34. The molecule has 0 saturated carbocycles. The Morgan fingerprint density at radius 2 is 0.688 bits per heavy atom. The lowest BCUT2D eigenvalue weighted by molar-refractivity contribution is -0.511. The van der Waals surface area contributed by atoms with Gasteiger partial charge in [-0.3, -0.25) is 19.1 Å². The summed E-state index contributed by atoms with van der Waals surface area (Å²) in [5.74, 6) is -102. The second-order valence-electron chi connectivity index (χ2n) is 13.2. The number of hydrogen-bond donors (Lipinski definition) is 1. The van der Waals surface area contributed by atoms with Crippen LogP contribution in [0.4, 0.5) is 149 Å². The topological polar surface area (TPSA) is 64.6 Å². The van der Waals surface area contributed by atoms with Crippen molar-refractivity contribution >= 4 is 11.7 Å². The van der Waals surface area contributed by atoms with Crippen LogP contribution in [0.3, 0.4) is 0 Å². The molecule has 3 unspecified atom stereocenters. The van der Waals surface area contributed by atoms with E-state index in [0.29, 0.717) is 12.2 Å². The molecule has 5 nitrogen and oxygen atoms in total. The average molecular weight is 1040 g/mol. The third kappa shape index (κ3) is 9.73. The van der Waals surface area contributed by atoms with Gasteiger partial charge in [0.25, 0.3) is 0 Å². The molecule has 0 aliphatic rings. The summed E-state index contributed by atoms with van der Waals surface area (Å²) in [6.45, 7) is 0.544. The number of ketones is 1. The van der Waals surface area contributed by atoms with Gasteiger partial charge in [0, 0.05) is 18.4 Å². The summed E-state index contributed by atoms with van der Waals surface area (Å²) in [6.07, 6.45) is -58.5. The van der Waals surface area contributed by atoms with E-state index in [1.165, 1.54) is 9.47 Å². The molecule has 3 atom stereocenters. The van der Waals surface area contributed by atoms with Crippen molar-refractivity contribution in [2.24, 2.45) is 5.92 Å². The van der Waals surface area contributed by atoms with Crippen molar-refractivity contribution in [3.05, 3.63) is 0 Å². The maximum Gasteiger partial charge on any atom is 0.460 e. The number of nitrogens with one attached hydrogen (secondary N) is 1. The molecule has 64 heavy (non-hydrogen) atoms. The number of carbonyl (C=O) groups is 2.